The van der Waals surface area contributed by atoms with Crippen LogP contribution in [0.5, 0.6) is 0 Å². The highest BCUT2D eigenvalue weighted by molar-refractivity contribution is 5.43. The number of nitrogens with one attached hydrogen (secondary N) is 1. The van der Waals surface area contributed by atoms with Gasteiger partial charge < -0.3 is 10.2 Å². The van der Waals surface area contributed by atoms with E-state index in [0.717, 1.165) is 24.9 Å². The number of anilines is 2. The smallest absolute Gasteiger partial charge is 0.224 e. The number of hydrogen-bond donors (Lipinski definition) is 1. The Labute approximate surface area is 115 Å². The molecule has 0 amide bonds. The highest BCUT2D eigenvalue weighted by Crippen LogP contribution is 2.22. The summed E-state index contributed by atoms with van der Waals surface area (Å²) < 4.78 is 0. The van der Waals surface area contributed by atoms with Crippen molar-refractivity contribution in [1.29, 1.82) is 0 Å². The normalized spacial score (nSPS) is 21.4. The molecule has 2 fully saturated rings. The second-order valence-electron chi connectivity index (χ2n) is 5.77. The van der Waals surface area contributed by atoms with Crippen molar-refractivity contribution in [2.45, 2.75) is 57.4 Å². The van der Waals surface area contributed by atoms with E-state index in [1.807, 2.05) is 12.3 Å². The molecule has 0 atom stereocenters. The maximum absolute atomic E-state index is 4.68. The van der Waals surface area contributed by atoms with Crippen molar-refractivity contribution in [1.82, 2.24) is 9.97 Å². The molecule has 1 N–H and O–H groups in total. The van der Waals surface area contributed by atoms with E-state index >= 15 is 0 Å². The Morgan fingerprint density at radius 1 is 1.00 bits per heavy atom. The molecule has 0 aromatic carbocycles. The third-order valence-corrected chi connectivity index (χ3v) is 4.26. The van der Waals surface area contributed by atoms with Crippen LogP contribution in [0.1, 0.15) is 51.4 Å². The van der Waals surface area contributed by atoms with E-state index in [9.17, 15) is 0 Å². The van der Waals surface area contributed by atoms with Gasteiger partial charge in [0.1, 0.15) is 5.82 Å². The zero-order chi connectivity index (χ0) is 12.9. The lowest BCUT2D eigenvalue weighted by molar-refractivity contribution is 0.614. The van der Waals surface area contributed by atoms with Crippen molar-refractivity contribution >= 4 is 11.8 Å². The van der Waals surface area contributed by atoms with E-state index in [4.69, 9.17) is 0 Å². The predicted molar refractivity (Wildman–Crippen MR) is 78.6 cm³/mol. The van der Waals surface area contributed by atoms with Gasteiger partial charge in [-0.15, -0.1) is 0 Å². The molecular formula is C15H24N4. The Kier molecular flexibility index (Phi) is 4.16. The summed E-state index contributed by atoms with van der Waals surface area (Å²) in [6, 6.07) is 2.60. The molecule has 1 saturated heterocycles. The average molecular weight is 260 g/mol. The minimum absolute atomic E-state index is 0.566. The highest BCUT2D eigenvalue weighted by atomic mass is 15.2. The molecule has 1 saturated carbocycles. The van der Waals surface area contributed by atoms with Gasteiger partial charge in [-0.25, -0.2) is 4.98 Å². The van der Waals surface area contributed by atoms with E-state index < -0.39 is 0 Å². The molecule has 19 heavy (non-hydrogen) atoms. The molecule has 0 bridgehead atoms. The second-order valence-corrected chi connectivity index (χ2v) is 5.77. The van der Waals surface area contributed by atoms with E-state index in [-0.39, 0.29) is 0 Å². The summed E-state index contributed by atoms with van der Waals surface area (Å²) in [6.07, 6.45) is 12.4. The van der Waals surface area contributed by atoms with Gasteiger partial charge in [-0.2, -0.15) is 4.98 Å². The first-order chi connectivity index (χ1) is 9.42. The monoisotopic (exact) mass is 260 g/mol. The zero-order valence-corrected chi connectivity index (χ0v) is 11.6. The van der Waals surface area contributed by atoms with Crippen LogP contribution in [-0.4, -0.2) is 29.1 Å². The lowest BCUT2D eigenvalue weighted by atomic mass is 10.1. The Balaban J connectivity index is 1.64. The Bertz CT molecular complexity index is 393. The van der Waals surface area contributed by atoms with Gasteiger partial charge in [0.15, 0.2) is 0 Å². The van der Waals surface area contributed by atoms with E-state index in [1.165, 1.54) is 51.4 Å². The summed E-state index contributed by atoms with van der Waals surface area (Å²) in [7, 11) is 0. The van der Waals surface area contributed by atoms with Crippen LogP contribution in [0.2, 0.25) is 0 Å². The van der Waals surface area contributed by atoms with E-state index in [2.05, 4.69) is 20.2 Å². The summed E-state index contributed by atoms with van der Waals surface area (Å²) in [5, 5.41) is 3.54. The summed E-state index contributed by atoms with van der Waals surface area (Å²) in [5.74, 6) is 1.90. The van der Waals surface area contributed by atoms with Crippen LogP contribution in [0.3, 0.4) is 0 Å². The number of aromatic nitrogens is 2. The standard InChI is InChI=1S/C15H24N4/c1-2-4-8-13(7-3-1)17-15-16-10-9-14(18-15)19-11-5-6-12-19/h9-10,13H,1-8,11-12H2,(H,16,17,18). The van der Waals surface area contributed by atoms with Crippen molar-refractivity contribution in [3.8, 4) is 0 Å². The van der Waals surface area contributed by atoms with E-state index in [1.54, 1.807) is 0 Å². The van der Waals surface area contributed by atoms with Crippen molar-refractivity contribution in [2.24, 2.45) is 0 Å². The summed E-state index contributed by atoms with van der Waals surface area (Å²) in [6.45, 7) is 2.28. The molecule has 0 unspecified atom stereocenters. The highest BCUT2D eigenvalue weighted by Gasteiger charge is 2.16. The van der Waals surface area contributed by atoms with Crippen LogP contribution in [-0.2, 0) is 0 Å². The van der Waals surface area contributed by atoms with Gasteiger partial charge in [-0.05, 0) is 31.7 Å². The second kappa shape index (κ2) is 6.22. The number of hydrogen-bond acceptors (Lipinski definition) is 4. The SMILES string of the molecule is c1cc(N2CCCC2)nc(NC2CCCCCC2)n1. The molecule has 4 nitrogen and oxygen atoms in total. The number of rotatable bonds is 3. The fourth-order valence-corrected chi connectivity index (χ4v) is 3.15. The third kappa shape index (κ3) is 3.37. The first-order valence-electron chi connectivity index (χ1n) is 7.76. The fraction of sp³-hybridized carbons (Fsp3) is 0.733. The molecule has 0 radical (unpaired) electrons. The van der Waals surface area contributed by atoms with Crippen LogP contribution < -0.4 is 10.2 Å². The molecule has 104 valence electrons. The lowest BCUT2D eigenvalue weighted by Gasteiger charge is -2.19. The van der Waals surface area contributed by atoms with Crippen molar-refractivity contribution in [3.63, 3.8) is 0 Å². The molecule has 1 aromatic rings. The largest absolute Gasteiger partial charge is 0.356 e. The van der Waals surface area contributed by atoms with Crippen LogP contribution >= 0.6 is 0 Å². The predicted octanol–water partition coefficient (Wildman–Crippen LogP) is 3.21. The quantitative estimate of drug-likeness (QED) is 0.847. The first-order valence-corrected chi connectivity index (χ1v) is 7.76. The van der Waals surface area contributed by atoms with Gasteiger partial charge in [-0.1, -0.05) is 25.7 Å². The molecule has 1 aliphatic carbocycles. The Hall–Kier alpha value is -1.32. The maximum Gasteiger partial charge on any atom is 0.224 e. The van der Waals surface area contributed by atoms with Crippen LogP contribution in [0.15, 0.2) is 12.3 Å². The molecule has 1 aromatic heterocycles. The van der Waals surface area contributed by atoms with Gasteiger partial charge in [0.25, 0.3) is 0 Å². The molecule has 1 aliphatic heterocycles. The lowest BCUT2D eigenvalue weighted by Crippen LogP contribution is -2.22. The maximum atomic E-state index is 4.68. The van der Waals surface area contributed by atoms with Crippen LogP contribution in [0, 0.1) is 0 Å². The zero-order valence-electron chi connectivity index (χ0n) is 11.6. The van der Waals surface area contributed by atoms with Gasteiger partial charge in [0.05, 0.1) is 0 Å². The summed E-state index contributed by atoms with van der Waals surface area (Å²) >= 11 is 0. The molecule has 3 rings (SSSR count). The molecule has 2 aliphatic rings. The number of nitrogens with zero attached hydrogens (tertiary/aromatic N) is 3. The van der Waals surface area contributed by atoms with Crippen molar-refractivity contribution in [3.05, 3.63) is 12.3 Å². The van der Waals surface area contributed by atoms with Crippen LogP contribution in [0.25, 0.3) is 0 Å². The summed E-state index contributed by atoms with van der Waals surface area (Å²) in [4.78, 5) is 11.4. The van der Waals surface area contributed by atoms with Gasteiger partial charge >= 0.3 is 0 Å². The molecule has 4 heteroatoms. The Morgan fingerprint density at radius 3 is 2.47 bits per heavy atom. The minimum Gasteiger partial charge on any atom is -0.356 e. The topological polar surface area (TPSA) is 41.1 Å². The molecule has 2 heterocycles. The Morgan fingerprint density at radius 2 is 1.74 bits per heavy atom. The van der Waals surface area contributed by atoms with Gasteiger partial charge in [0.2, 0.25) is 5.95 Å². The average Bonchev–Trinajstić information content (AvgIpc) is 2.86. The fourth-order valence-electron chi connectivity index (χ4n) is 3.15. The van der Waals surface area contributed by atoms with Crippen LogP contribution in [0.4, 0.5) is 11.8 Å². The van der Waals surface area contributed by atoms with Crippen molar-refractivity contribution in [2.75, 3.05) is 23.3 Å². The minimum atomic E-state index is 0.566. The van der Waals surface area contributed by atoms with E-state index in [0.29, 0.717) is 6.04 Å². The van der Waals surface area contributed by atoms with Gasteiger partial charge in [0, 0.05) is 25.3 Å². The first kappa shape index (κ1) is 12.7. The van der Waals surface area contributed by atoms with Crippen molar-refractivity contribution < 1.29 is 0 Å². The third-order valence-electron chi connectivity index (χ3n) is 4.26. The molecular weight excluding hydrogens is 236 g/mol. The molecule has 0 spiro atoms. The summed E-state index contributed by atoms with van der Waals surface area (Å²) in [5.41, 5.74) is 0. The van der Waals surface area contributed by atoms with Gasteiger partial charge in [-0.3, -0.25) is 0 Å².